The molecule has 98 valence electrons. The largest absolute Gasteiger partial charge is 0.496 e. The van der Waals surface area contributed by atoms with Crippen molar-refractivity contribution in [3.8, 4) is 0 Å². The summed E-state index contributed by atoms with van der Waals surface area (Å²) in [5, 5.41) is 4.13. The summed E-state index contributed by atoms with van der Waals surface area (Å²) in [5.41, 5.74) is 0.959. The van der Waals surface area contributed by atoms with Gasteiger partial charge in [0.2, 0.25) is 0 Å². The number of nitrogens with one attached hydrogen (secondary N) is 1. The quantitative estimate of drug-likeness (QED) is 0.886. The lowest BCUT2D eigenvalue weighted by atomic mass is 10.1. The molecule has 0 fully saturated rings. The van der Waals surface area contributed by atoms with Crippen LogP contribution in [0.2, 0.25) is 5.02 Å². The molecule has 2 rings (SSSR count). The Hall–Kier alpha value is -1.06. The van der Waals surface area contributed by atoms with Crippen LogP contribution in [0.25, 0.3) is 0 Å². The summed E-state index contributed by atoms with van der Waals surface area (Å²) in [6.45, 7) is 3.88. The minimum absolute atomic E-state index is 0.0440. The highest BCUT2D eigenvalue weighted by Gasteiger charge is 2.20. The van der Waals surface area contributed by atoms with Crippen LogP contribution in [0.15, 0.2) is 30.2 Å². The first-order chi connectivity index (χ1) is 8.81. The van der Waals surface area contributed by atoms with Crippen molar-refractivity contribution in [2.75, 3.05) is 13.2 Å². The van der Waals surface area contributed by atoms with E-state index in [1.165, 1.54) is 0 Å². The molecule has 18 heavy (non-hydrogen) atoms. The molecule has 0 aliphatic carbocycles. The Bertz CT molecular complexity index is 403. The van der Waals surface area contributed by atoms with Gasteiger partial charge in [-0.2, -0.15) is 0 Å². The zero-order chi connectivity index (χ0) is 12.8. The van der Waals surface area contributed by atoms with Gasteiger partial charge in [-0.05, 0) is 44.0 Å². The molecule has 1 aliphatic rings. The van der Waals surface area contributed by atoms with Crippen LogP contribution in [-0.2, 0) is 4.74 Å². The van der Waals surface area contributed by atoms with Gasteiger partial charge < -0.3 is 10.1 Å². The predicted molar refractivity (Wildman–Crippen MR) is 73.6 cm³/mol. The fraction of sp³-hybridized carbons (Fsp3) is 0.500. The molecule has 1 N–H and O–H groups in total. The van der Waals surface area contributed by atoms with Gasteiger partial charge in [0.15, 0.2) is 0 Å². The highest BCUT2D eigenvalue weighted by Crippen LogP contribution is 2.25. The van der Waals surface area contributed by atoms with Crippen LogP contribution in [0.3, 0.4) is 0 Å². The maximum Gasteiger partial charge on any atom is 0.115 e. The van der Waals surface area contributed by atoms with Crippen LogP contribution >= 0.6 is 11.6 Å². The molecule has 4 heteroatoms. The Morgan fingerprint density at radius 3 is 3.00 bits per heavy atom. The van der Waals surface area contributed by atoms with E-state index in [9.17, 15) is 0 Å². The van der Waals surface area contributed by atoms with Gasteiger partial charge in [-0.3, -0.25) is 4.98 Å². The summed E-state index contributed by atoms with van der Waals surface area (Å²) in [4.78, 5) is 4.39. The molecule has 0 saturated heterocycles. The summed E-state index contributed by atoms with van der Waals surface area (Å²) >= 11 is 5.88. The Balaban J connectivity index is 2.18. The van der Waals surface area contributed by atoms with Crippen LogP contribution in [0.4, 0.5) is 0 Å². The Kier molecular flexibility index (Phi) is 5.02. The lowest BCUT2D eigenvalue weighted by Gasteiger charge is -2.24. The van der Waals surface area contributed by atoms with E-state index in [1.807, 2.05) is 12.1 Å². The van der Waals surface area contributed by atoms with E-state index in [4.69, 9.17) is 16.3 Å². The highest BCUT2D eigenvalue weighted by atomic mass is 35.5. The standard InChI is InChI=1S/C14H19ClN2O/c1-2-8-16-14(13-5-3-4-9-18-13)12-7-6-11(15)10-17-12/h5-7,10,14,16H,2-4,8-9H2,1H3. The fourth-order valence-electron chi connectivity index (χ4n) is 1.98. The average molecular weight is 267 g/mol. The van der Waals surface area contributed by atoms with Gasteiger partial charge in [-0.1, -0.05) is 18.5 Å². The second kappa shape index (κ2) is 6.76. The molecule has 1 atom stereocenters. The number of allylic oxidation sites excluding steroid dienone is 1. The molecule has 0 saturated carbocycles. The molecule has 1 unspecified atom stereocenters. The van der Waals surface area contributed by atoms with Crippen molar-refractivity contribution in [2.24, 2.45) is 0 Å². The zero-order valence-corrected chi connectivity index (χ0v) is 11.4. The predicted octanol–water partition coefficient (Wildman–Crippen LogP) is 3.47. The van der Waals surface area contributed by atoms with Crippen molar-refractivity contribution in [1.29, 1.82) is 0 Å². The van der Waals surface area contributed by atoms with Crippen LogP contribution in [0, 0.1) is 0 Å². The third-order valence-electron chi connectivity index (χ3n) is 2.89. The normalized spacial score (nSPS) is 16.9. The summed E-state index contributed by atoms with van der Waals surface area (Å²) in [5.74, 6) is 0.990. The topological polar surface area (TPSA) is 34.1 Å². The van der Waals surface area contributed by atoms with Gasteiger partial charge in [0, 0.05) is 6.20 Å². The lowest BCUT2D eigenvalue weighted by molar-refractivity contribution is 0.167. The van der Waals surface area contributed by atoms with Gasteiger partial charge >= 0.3 is 0 Å². The van der Waals surface area contributed by atoms with E-state index in [0.29, 0.717) is 5.02 Å². The SMILES string of the molecule is CCCNC(C1=CCCCO1)c1ccc(Cl)cn1. The number of rotatable bonds is 5. The van der Waals surface area contributed by atoms with Gasteiger partial charge in [0.05, 0.1) is 17.3 Å². The number of aromatic nitrogens is 1. The van der Waals surface area contributed by atoms with Crippen molar-refractivity contribution in [3.05, 3.63) is 40.9 Å². The second-order valence-corrected chi connectivity index (χ2v) is 4.82. The van der Waals surface area contributed by atoms with E-state index >= 15 is 0 Å². The third-order valence-corrected chi connectivity index (χ3v) is 3.12. The van der Waals surface area contributed by atoms with Gasteiger partial charge in [0.25, 0.3) is 0 Å². The maximum absolute atomic E-state index is 5.88. The van der Waals surface area contributed by atoms with E-state index in [2.05, 4.69) is 23.3 Å². The molecule has 0 radical (unpaired) electrons. The van der Waals surface area contributed by atoms with Gasteiger partial charge in [0.1, 0.15) is 11.8 Å². The minimum Gasteiger partial charge on any atom is -0.496 e. The van der Waals surface area contributed by atoms with E-state index in [1.54, 1.807) is 6.20 Å². The summed E-state index contributed by atoms with van der Waals surface area (Å²) in [6, 6.07) is 3.87. The molecule has 1 aromatic rings. The number of nitrogens with zero attached hydrogens (tertiary/aromatic N) is 1. The number of hydrogen-bond acceptors (Lipinski definition) is 3. The smallest absolute Gasteiger partial charge is 0.115 e. The van der Waals surface area contributed by atoms with Crippen LogP contribution < -0.4 is 5.32 Å². The summed E-state index contributed by atoms with van der Waals surface area (Å²) in [6.07, 6.45) is 7.09. The van der Waals surface area contributed by atoms with E-state index < -0.39 is 0 Å². The zero-order valence-electron chi connectivity index (χ0n) is 10.7. The van der Waals surface area contributed by atoms with Crippen molar-refractivity contribution in [2.45, 2.75) is 32.2 Å². The third kappa shape index (κ3) is 3.47. The van der Waals surface area contributed by atoms with Crippen molar-refractivity contribution in [3.63, 3.8) is 0 Å². The minimum atomic E-state index is 0.0440. The molecule has 2 heterocycles. The van der Waals surface area contributed by atoms with Gasteiger partial charge in [-0.15, -0.1) is 0 Å². The molecule has 1 aliphatic heterocycles. The molecule has 1 aromatic heterocycles. The Morgan fingerprint density at radius 1 is 1.50 bits per heavy atom. The Labute approximate surface area is 113 Å². The highest BCUT2D eigenvalue weighted by molar-refractivity contribution is 6.30. The Morgan fingerprint density at radius 2 is 2.39 bits per heavy atom. The molecule has 3 nitrogen and oxygen atoms in total. The van der Waals surface area contributed by atoms with Crippen LogP contribution in [0.5, 0.6) is 0 Å². The van der Waals surface area contributed by atoms with Crippen molar-refractivity contribution < 1.29 is 4.74 Å². The molecule has 0 spiro atoms. The van der Waals surface area contributed by atoms with E-state index in [-0.39, 0.29) is 6.04 Å². The first kappa shape index (κ1) is 13.4. The molecule has 0 amide bonds. The molecule has 0 aromatic carbocycles. The summed E-state index contributed by atoms with van der Waals surface area (Å²) in [7, 11) is 0. The maximum atomic E-state index is 5.88. The van der Waals surface area contributed by atoms with Crippen LogP contribution in [0.1, 0.15) is 37.9 Å². The van der Waals surface area contributed by atoms with Crippen LogP contribution in [-0.4, -0.2) is 18.1 Å². The van der Waals surface area contributed by atoms with Crippen molar-refractivity contribution >= 4 is 11.6 Å². The molecular weight excluding hydrogens is 248 g/mol. The first-order valence-electron chi connectivity index (χ1n) is 6.49. The fourth-order valence-corrected chi connectivity index (χ4v) is 2.09. The number of hydrogen-bond donors (Lipinski definition) is 1. The lowest BCUT2D eigenvalue weighted by Crippen LogP contribution is -2.27. The van der Waals surface area contributed by atoms with Crippen molar-refractivity contribution in [1.82, 2.24) is 10.3 Å². The van der Waals surface area contributed by atoms with E-state index in [0.717, 1.165) is 43.9 Å². The molecule has 0 bridgehead atoms. The first-order valence-corrected chi connectivity index (χ1v) is 6.86. The number of ether oxygens (including phenoxy) is 1. The number of pyridine rings is 1. The monoisotopic (exact) mass is 266 g/mol. The molecular formula is C14H19ClN2O. The average Bonchev–Trinajstić information content (AvgIpc) is 2.42. The summed E-state index contributed by atoms with van der Waals surface area (Å²) < 4.78 is 5.75. The number of halogens is 1. The van der Waals surface area contributed by atoms with Gasteiger partial charge in [-0.25, -0.2) is 0 Å². The second-order valence-electron chi connectivity index (χ2n) is 4.39.